The molecular weight excluding hydrogens is 240 g/mol. The smallest absolute Gasteiger partial charge is 0.238 e. The lowest BCUT2D eigenvalue weighted by atomic mass is 9.85. The van der Waals surface area contributed by atoms with E-state index >= 15 is 0 Å². The van der Waals surface area contributed by atoms with Gasteiger partial charge in [-0.2, -0.15) is 0 Å². The SMILES string of the molecule is COc1cccc(C2NCC(=O)N2CC2CCC2)c1. The van der Waals surface area contributed by atoms with Crippen LogP contribution in [0.25, 0.3) is 0 Å². The molecule has 1 amide bonds. The average Bonchev–Trinajstić information content (AvgIpc) is 2.75. The summed E-state index contributed by atoms with van der Waals surface area (Å²) in [7, 11) is 1.67. The zero-order valence-corrected chi connectivity index (χ0v) is 11.3. The van der Waals surface area contributed by atoms with Gasteiger partial charge in [0.1, 0.15) is 11.9 Å². The lowest BCUT2D eigenvalue weighted by Crippen LogP contribution is -2.36. The van der Waals surface area contributed by atoms with E-state index < -0.39 is 0 Å². The molecule has 1 aromatic carbocycles. The minimum Gasteiger partial charge on any atom is -0.497 e. The van der Waals surface area contributed by atoms with Gasteiger partial charge in [-0.15, -0.1) is 0 Å². The van der Waals surface area contributed by atoms with Gasteiger partial charge in [0.05, 0.1) is 13.7 Å². The van der Waals surface area contributed by atoms with Crippen molar-refractivity contribution in [2.24, 2.45) is 5.92 Å². The highest BCUT2D eigenvalue weighted by Gasteiger charge is 2.34. The highest BCUT2D eigenvalue weighted by Crippen LogP contribution is 2.32. The van der Waals surface area contributed by atoms with Crippen molar-refractivity contribution in [1.82, 2.24) is 10.2 Å². The summed E-state index contributed by atoms with van der Waals surface area (Å²) >= 11 is 0. The summed E-state index contributed by atoms with van der Waals surface area (Å²) in [4.78, 5) is 14.0. The Balaban J connectivity index is 1.78. The molecule has 1 aliphatic heterocycles. The Hall–Kier alpha value is -1.55. The first-order valence-electron chi connectivity index (χ1n) is 6.95. The molecule has 2 fully saturated rings. The van der Waals surface area contributed by atoms with E-state index in [0.717, 1.165) is 17.9 Å². The molecule has 1 aromatic rings. The van der Waals surface area contributed by atoms with Crippen molar-refractivity contribution in [2.45, 2.75) is 25.4 Å². The van der Waals surface area contributed by atoms with E-state index in [4.69, 9.17) is 4.74 Å². The van der Waals surface area contributed by atoms with Gasteiger partial charge in [0.15, 0.2) is 0 Å². The minimum absolute atomic E-state index is 0.00296. The van der Waals surface area contributed by atoms with Gasteiger partial charge in [-0.3, -0.25) is 10.1 Å². The lowest BCUT2D eigenvalue weighted by molar-refractivity contribution is -0.129. The lowest BCUT2D eigenvalue weighted by Gasteiger charge is -2.33. The van der Waals surface area contributed by atoms with Crippen molar-refractivity contribution in [3.05, 3.63) is 29.8 Å². The highest BCUT2D eigenvalue weighted by molar-refractivity contribution is 5.81. The van der Waals surface area contributed by atoms with E-state index in [9.17, 15) is 4.79 Å². The van der Waals surface area contributed by atoms with Gasteiger partial charge in [-0.25, -0.2) is 0 Å². The van der Waals surface area contributed by atoms with E-state index in [0.29, 0.717) is 12.5 Å². The van der Waals surface area contributed by atoms with E-state index in [1.807, 2.05) is 29.2 Å². The van der Waals surface area contributed by atoms with Crippen molar-refractivity contribution in [3.63, 3.8) is 0 Å². The number of hydrogen-bond acceptors (Lipinski definition) is 3. The Bertz CT molecular complexity index is 471. The summed E-state index contributed by atoms with van der Waals surface area (Å²) in [5.74, 6) is 1.74. The van der Waals surface area contributed by atoms with Gasteiger partial charge in [0.2, 0.25) is 5.91 Å². The van der Waals surface area contributed by atoms with Crippen molar-refractivity contribution >= 4 is 5.91 Å². The predicted molar refractivity (Wildman–Crippen MR) is 72.8 cm³/mol. The molecule has 1 saturated heterocycles. The Kier molecular flexibility index (Phi) is 3.42. The number of rotatable bonds is 4. The molecule has 1 unspecified atom stereocenters. The third kappa shape index (κ3) is 2.45. The highest BCUT2D eigenvalue weighted by atomic mass is 16.5. The van der Waals surface area contributed by atoms with Gasteiger partial charge in [-0.1, -0.05) is 18.6 Å². The minimum atomic E-state index is 0.00296. The average molecular weight is 260 g/mol. The number of benzene rings is 1. The molecule has 0 radical (unpaired) electrons. The van der Waals surface area contributed by atoms with Gasteiger partial charge in [-0.05, 0) is 36.5 Å². The molecule has 19 heavy (non-hydrogen) atoms. The van der Waals surface area contributed by atoms with Crippen molar-refractivity contribution in [1.29, 1.82) is 0 Å². The largest absolute Gasteiger partial charge is 0.497 e. The number of amides is 1. The second kappa shape index (κ2) is 5.21. The first kappa shape index (κ1) is 12.5. The van der Waals surface area contributed by atoms with Crippen LogP contribution in [0.3, 0.4) is 0 Å². The van der Waals surface area contributed by atoms with Gasteiger partial charge in [0.25, 0.3) is 0 Å². The summed E-state index contributed by atoms with van der Waals surface area (Å²) in [6.07, 6.45) is 3.83. The fourth-order valence-electron chi connectivity index (χ4n) is 2.81. The summed E-state index contributed by atoms with van der Waals surface area (Å²) < 4.78 is 5.26. The molecule has 1 N–H and O–H groups in total. The van der Waals surface area contributed by atoms with Crippen LogP contribution in [0.4, 0.5) is 0 Å². The van der Waals surface area contributed by atoms with Crippen molar-refractivity contribution in [3.8, 4) is 5.75 Å². The van der Waals surface area contributed by atoms with Crippen LogP contribution in [0.15, 0.2) is 24.3 Å². The Morgan fingerprint density at radius 1 is 1.42 bits per heavy atom. The number of carbonyl (C=O) groups is 1. The van der Waals surface area contributed by atoms with Crippen molar-refractivity contribution < 1.29 is 9.53 Å². The molecule has 1 aliphatic carbocycles. The second-order valence-electron chi connectivity index (χ2n) is 5.40. The third-order valence-corrected chi connectivity index (χ3v) is 4.17. The first-order chi connectivity index (χ1) is 9.28. The van der Waals surface area contributed by atoms with Gasteiger partial charge < -0.3 is 9.64 Å². The molecule has 1 heterocycles. The molecular formula is C15H20N2O2. The topological polar surface area (TPSA) is 41.6 Å². The van der Waals surface area contributed by atoms with Crippen molar-refractivity contribution in [2.75, 3.05) is 20.2 Å². The number of methoxy groups -OCH3 is 1. The maximum absolute atomic E-state index is 12.0. The Morgan fingerprint density at radius 3 is 2.95 bits per heavy atom. The van der Waals surface area contributed by atoms with E-state index in [-0.39, 0.29) is 12.1 Å². The molecule has 2 aliphatic rings. The number of hydrogen-bond donors (Lipinski definition) is 1. The van der Waals surface area contributed by atoms with Crippen LogP contribution < -0.4 is 10.1 Å². The van der Waals surface area contributed by atoms with Crippen LogP contribution in [-0.2, 0) is 4.79 Å². The standard InChI is InChI=1S/C15H20N2O2/c1-19-13-7-3-6-12(8-13)15-16-9-14(18)17(15)10-11-4-2-5-11/h3,6-8,11,15-16H,2,4-5,9-10H2,1H3. The van der Waals surface area contributed by atoms with E-state index in [2.05, 4.69) is 5.32 Å². The van der Waals surface area contributed by atoms with E-state index in [1.165, 1.54) is 19.3 Å². The van der Waals surface area contributed by atoms with E-state index in [1.54, 1.807) is 7.11 Å². The quantitative estimate of drug-likeness (QED) is 0.899. The Morgan fingerprint density at radius 2 is 2.26 bits per heavy atom. The molecule has 4 heteroatoms. The van der Waals surface area contributed by atoms with Crippen LogP contribution in [-0.4, -0.2) is 31.0 Å². The first-order valence-corrected chi connectivity index (χ1v) is 6.95. The molecule has 102 valence electrons. The Labute approximate surface area is 113 Å². The van der Waals surface area contributed by atoms with Crippen LogP contribution >= 0.6 is 0 Å². The predicted octanol–water partition coefficient (Wildman–Crippen LogP) is 1.93. The fourth-order valence-corrected chi connectivity index (χ4v) is 2.81. The fraction of sp³-hybridized carbons (Fsp3) is 0.533. The number of nitrogens with one attached hydrogen (secondary N) is 1. The molecule has 0 aromatic heterocycles. The summed E-state index contributed by atoms with van der Waals surface area (Å²) in [6, 6.07) is 7.95. The van der Waals surface area contributed by atoms with Crippen LogP contribution in [0.2, 0.25) is 0 Å². The zero-order chi connectivity index (χ0) is 13.2. The molecule has 0 bridgehead atoms. The zero-order valence-electron chi connectivity index (χ0n) is 11.3. The summed E-state index contributed by atoms with van der Waals surface area (Å²) in [5.41, 5.74) is 1.10. The maximum Gasteiger partial charge on any atom is 0.238 e. The third-order valence-electron chi connectivity index (χ3n) is 4.17. The number of ether oxygens (including phenoxy) is 1. The second-order valence-corrected chi connectivity index (χ2v) is 5.40. The summed E-state index contributed by atoms with van der Waals surface area (Å²) in [5, 5.41) is 3.30. The van der Waals surface area contributed by atoms with Crippen LogP contribution in [0.1, 0.15) is 31.0 Å². The summed E-state index contributed by atoms with van der Waals surface area (Å²) in [6.45, 7) is 1.32. The normalized spacial score (nSPS) is 23.5. The van der Waals surface area contributed by atoms with Crippen LogP contribution in [0, 0.1) is 5.92 Å². The molecule has 0 spiro atoms. The molecule has 3 rings (SSSR count). The maximum atomic E-state index is 12.0. The molecule has 4 nitrogen and oxygen atoms in total. The number of carbonyl (C=O) groups excluding carboxylic acids is 1. The monoisotopic (exact) mass is 260 g/mol. The van der Waals surface area contributed by atoms with Gasteiger partial charge in [0, 0.05) is 6.54 Å². The molecule has 1 atom stereocenters. The molecule has 1 saturated carbocycles. The van der Waals surface area contributed by atoms with Crippen LogP contribution in [0.5, 0.6) is 5.75 Å². The van der Waals surface area contributed by atoms with Gasteiger partial charge >= 0.3 is 0 Å². The number of nitrogens with zero attached hydrogens (tertiary/aromatic N) is 1.